The molecule has 1 aromatic carbocycles. The van der Waals surface area contributed by atoms with E-state index in [9.17, 15) is 8.78 Å². The number of nitrogens with zero attached hydrogens (tertiary/aromatic N) is 3. The molecular formula is C16H15BrF2N4O. The number of alkyl halides is 2. The number of ether oxygens (including phenoxy) is 1. The van der Waals surface area contributed by atoms with Crippen molar-refractivity contribution in [2.24, 2.45) is 0 Å². The Kier molecular flexibility index (Phi) is 4.94. The third-order valence-electron chi connectivity index (χ3n) is 3.62. The highest BCUT2D eigenvalue weighted by Gasteiger charge is 2.19. The molecule has 2 heterocycles. The molecule has 0 amide bonds. The van der Waals surface area contributed by atoms with Crippen LogP contribution in [0, 0.1) is 0 Å². The zero-order valence-electron chi connectivity index (χ0n) is 12.8. The number of rotatable bonds is 6. The van der Waals surface area contributed by atoms with Crippen molar-refractivity contribution in [1.82, 2.24) is 14.6 Å². The third kappa shape index (κ3) is 3.33. The highest BCUT2D eigenvalue weighted by Crippen LogP contribution is 2.32. The zero-order valence-corrected chi connectivity index (χ0v) is 14.4. The quantitative estimate of drug-likeness (QED) is 0.658. The van der Waals surface area contributed by atoms with Crippen molar-refractivity contribution in [2.45, 2.75) is 26.0 Å². The molecule has 3 aromatic rings. The summed E-state index contributed by atoms with van der Waals surface area (Å²) in [6.07, 6.45) is 5.71. The van der Waals surface area contributed by atoms with E-state index in [1.165, 1.54) is 6.07 Å². The van der Waals surface area contributed by atoms with Gasteiger partial charge in [0.05, 0.1) is 16.7 Å². The summed E-state index contributed by atoms with van der Waals surface area (Å²) in [5.41, 5.74) is 1.43. The summed E-state index contributed by atoms with van der Waals surface area (Å²) in [5.74, 6) is 0.770. The van der Waals surface area contributed by atoms with Crippen LogP contribution in [0.4, 0.5) is 14.6 Å². The molecule has 0 saturated carbocycles. The van der Waals surface area contributed by atoms with Crippen LogP contribution in [0.25, 0.3) is 5.52 Å². The standard InChI is InChI=1S/C16H15BrF2N4O/c1-2-12(10-5-3-4-6-13(10)24-16(18)19)22-15-14-11(17)9-21-23(14)8-7-20-15/h3-9,12,16H,2H2,1H3,(H,20,22). The lowest BCUT2D eigenvalue weighted by Crippen LogP contribution is -2.14. The van der Waals surface area contributed by atoms with E-state index in [1.807, 2.05) is 6.92 Å². The van der Waals surface area contributed by atoms with Gasteiger partial charge in [0.1, 0.15) is 11.3 Å². The molecule has 24 heavy (non-hydrogen) atoms. The molecule has 1 atom stereocenters. The average molecular weight is 397 g/mol. The molecule has 0 aliphatic rings. The van der Waals surface area contributed by atoms with Gasteiger partial charge in [-0.3, -0.25) is 0 Å². The van der Waals surface area contributed by atoms with E-state index in [2.05, 4.69) is 36.1 Å². The topological polar surface area (TPSA) is 51.5 Å². The van der Waals surface area contributed by atoms with Gasteiger partial charge in [-0.05, 0) is 28.4 Å². The van der Waals surface area contributed by atoms with Crippen LogP contribution < -0.4 is 10.1 Å². The number of nitrogens with one attached hydrogen (secondary N) is 1. The summed E-state index contributed by atoms with van der Waals surface area (Å²) in [5, 5.41) is 7.51. The number of aromatic nitrogens is 3. The fourth-order valence-electron chi connectivity index (χ4n) is 2.55. The molecule has 5 nitrogen and oxygen atoms in total. The van der Waals surface area contributed by atoms with Gasteiger partial charge in [0.15, 0.2) is 5.82 Å². The lowest BCUT2D eigenvalue weighted by molar-refractivity contribution is -0.0505. The molecule has 3 rings (SSSR count). The number of benzene rings is 1. The fourth-order valence-corrected chi connectivity index (χ4v) is 3.01. The number of hydrogen-bond donors (Lipinski definition) is 1. The highest BCUT2D eigenvalue weighted by molar-refractivity contribution is 9.10. The maximum absolute atomic E-state index is 12.6. The van der Waals surface area contributed by atoms with E-state index >= 15 is 0 Å². The van der Waals surface area contributed by atoms with Crippen molar-refractivity contribution in [3.8, 4) is 5.75 Å². The first kappa shape index (κ1) is 16.6. The normalized spacial score (nSPS) is 12.5. The van der Waals surface area contributed by atoms with Gasteiger partial charge in [0.25, 0.3) is 0 Å². The van der Waals surface area contributed by atoms with Gasteiger partial charge >= 0.3 is 6.61 Å². The summed E-state index contributed by atoms with van der Waals surface area (Å²) in [6, 6.07) is 6.53. The van der Waals surface area contributed by atoms with Crippen molar-refractivity contribution in [2.75, 3.05) is 5.32 Å². The van der Waals surface area contributed by atoms with Gasteiger partial charge in [-0.25, -0.2) is 9.50 Å². The number of anilines is 1. The Bertz CT molecular complexity index is 840. The second kappa shape index (κ2) is 7.12. The molecule has 126 valence electrons. The molecule has 1 N–H and O–H groups in total. The van der Waals surface area contributed by atoms with E-state index in [0.29, 0.717) is 17.8 Å². The van der Waals surface area contributed by atoms with Crippen molar-refractivity contribution in [3.63, 3.8) is 0 Å². The Labute approximate surface area is 145 Å². The second-order valence-corrected chi connectivity index (χ2v) is 5.94. The van der Waals surface area contributed by atoms with Gasteiger partial charge in [0.2, 0.25) is 0 Å². The van der Waals surface area contributed by atoms with Gasteiger partial charge in [-0.15, -0.1) is 0 Å². The summed E-state index contributed by atoms with van der Waals surface area (Å²) < 4.78 is 32.4. The first-order valence-corrected chi connectivity index (χ1v) is 8.17. The van der Waals surface area contributed by atoms with Crippen LogP contribution in [-0.4, -0.2) is 21.2 Å². The Hall–Kier alpha value is -2.22. The average Bonchev–Trinajstić information content (AvgIpc) is 2.95. The van der Waals surface area contributed by atoms with E-state index in [1.54, 1.807) is 41.3 Å². The van der Waals surface area contributed by atoms with Crippen LogP contribution in [0.5, 0.6) is 5.75 Å². The number of hydrogen-bond acceptors (Lipinski definition) is 4. The fraction of sp³-hybridized carbons (Fsp3) is 0.250. The maximum Gasteiger partial charge on any atom is 0.387 e. The van der Waals surface area contributed by atoms with Crippen molar-refractivity contribution < 1.29 is 13.5 Å². The van der Waals surface area contributed by atoms with Crippen LogP contribution in [0.2, 0.25) is 0 Å². The smallest absolute Gasteiger partial charge is 0.387 e. The molecule has 0 aliphatic heterocycles. The lowest BCUT2D eigenvalue weighted by atomic mass is 10.0. The van der Waals surface area contributed by atoms with Gasteiger partial charge in [-0.2, -0.15) is 13.9 Å². The summed E-state index contributed by atoms with van der Waals surface area (Å²) in [6.45, 7) is -0.906. The summed E-state index contributed by atoms with van der Waals surface area (Å²) >= 11 is 3.45. The molecule has 0 bridgehead atoms. The predicted molar refractivity (Wildman–Crippen MR) is 90.4 cm³/mol. The minimum atomic E-state index is -2.87. The molecule has 0 aliphatic carbocycles. The molecular weight excluding hydrogens is 382 g/mol. The van der Waals surface area contributed by atoms with E-state index in [0.717, 1.165) is 9.99 Å². The van der Waals surface area contributed by atoms with E-state index < -0.39 is 6.61 Å². The Morgan fingerprint density at radius 1 is 1.33 bits per heavy atom. The molecule has 8 heteroatoms. The molecule has 0 fully saturated rings. The molecule has 2 aromatic heterocycles. The van der Waals surface area contributed by atoms with E-state index in [-0.39, 0.29) is 11.8 Å². The Morgan fingerprint density at radius 2 is 2.12 bits per heavy atom. The minimum absolute atomic E-state index is 0.159. The second-order valence-electron chi connectivity index (χ2n) is 5.08. The van der Waals surface area contributed by atoms with Crippen molar-refractivity contribution in [3.05, 3.63) is 52.9 Å². The van der Waals surface area contributed by atoms with Crippen LogP contribution in [0.3, 0.4) is 0 Å². The number of halogens is 3. The monoisotopic (exact) mass is 396 g/mol. The molecule has 0 saturated heterocycles. The third-order valence-corrected chi connectivity index (χ3v) is 4.20. The molecule has 0 radical (unpaired) electrons. The van der Waals surface area contributed by atoms with Crippen molar-refractivity contribution >= 4 is 27.3 Å². The van der Waals surface area contributed by atoms with Gasteiger partial charge < -0.3 is 10.1 Å². The lowest BCUT2D eigenvalue weighted by Gasteiger charge is -2.21. The number of para-hydroxylation sites is 1. The molecule has 0 spiro atoms. The zero-order chi connectivity index (χ0) is 17.1. The largest absolute Gasteiger partial charge is 0.434 e. The first-order chi connectivity index (χ1) is 11.6. The first-order valence-electron chi connectivity index (χ1n) is 7.38. The van der Waals surface area contributed by atoms with Crippen LogP contribution in [0.1, 0.15) is 24.9 Å². The Balaban J connectivity index is 1.97. The maximum atomic E-state index is 12.6. The van der Waals surface area contributed by atoms with Crippen molar-refractivity contribution in [1.29, 1.82) is 0 Å². The summed E-state index contributed by atoms with van der Waals surface area (Å²) in [7, 11) is 0. The van der Waals surface area contributed by atoms with Gasteiger partial charge in [0, 0.05) is 18.0 Å². The highest BCUT2D eigenvalue weighted by atomic mass is 79.9. The Morgan fingerprint density at radius 3 is 2.88 bits per heavy atom. The van der Waals surface area contributed by atoms with Gasteiger partial charge in [-0.1, -0.05) is 25.1 Å². The minimum Gasteiger partial charge on any atom is -0.434 e. The van der Waals surface area contributed by atoms with E-state index in [4.69, 9.17) is 0 Å². The molecule has 1 unspecified atom stereocenters. The van der Waals surface area contributed by atoms with Crippen LogP contribution in [-0.2, 0) is 0 Å². The van der Waals surface area contributed by atoms with Crippen LogP contribution in [0.15, 0.2) is 47.3 Å². The van der Waals surface area contributed by atoms with Crippen LogP contribution >= 0.6 is 15.9 Å². The SMILES string of the molecule is CCC(Nc1nccn2ncc(Br)c12)c1ccccc1OC(F)F. The predicted octanol–water partition coefficient (Wildman–Crippen LogP) is 4.66. The summed E-state index contributed by atoms with van der Waals surface area (Å²) in [4.78, 5) is 4.35. The number of fused-ring (bicyclic) bond motifs is 1.